The van der Waals surface area contributed by atoms with Crippen molar-refractivity contribution >= 4 is 29.2 Å². The first-order valence-electron chi connectivity index (χ1n) is 9.55. The Morgan fingerprint density at radius 2 is 1.91 bits per heavy atom. The highest BCUT2D eigenvalue weighted by Crippen LogP contribution is 2.25. The molecule has 0 saturated heterocycles. The zero-order valence-electron chi connectivity index (χ0n) is 17.1. The second-order valence-electron chi connectivity index (χ2n) is 7.09. The summed E-state index contributed by atoms with van der Waals surface area (Å²) in [5.41, 5.74) is 0.305. The molecule has 0 bridgehead atoms. The lowest BCUT2D eigenvalue weighted by molar-refractivity contribution is -0.384. The number of benzene rings is 2. The monoisotopic (exact) mass is 458 g/mol. The van der Waals surface area contributed by atoms with E-state index in [1.54, 1.807) is 26.0 Å². The summed E-state index contributed by atoms with van der Waals surface area (Å²) >= 11 is 5.78. The molecule has 1 amide bonds. The van der Waals surface area contributed by atoms with Crippen LogP contribution in [0.15, 0.2) is 52.9 Å². The Labute approximate surface area is 187 Å². The van der Waals surface area contributed by atoms with Crippen molar-refractivity contribution < 1.29 is 23.7 Å². The van der Waals surface area contributed by atoms with Gasteiger partial charge in [0.1, 0.15) is 11.1 Å². The number of halogens is 1. The van der Waals surface area contributed by atoms with E-state index < -0.39 is 28.5 Å². The molecule has 0 aliphatic heterocycles. The van der Waals surface area contributed by atoms with E-state index in [-0.39, 0.29) is 34.9 Å². The maximum atomic E-state index is 12.6. The molecule has 0 aliphatic carbocycles. The van der Waals surface area contributed by atoms with Crippen molar-refractivity contribution in [1.82, 2.24) is 15.5 Å². The number of esters is 1. The number of hydrogen-bond donors (Lipinski definition) is 1. The summed E-state index contributed by atoms with van der Waals surface area (Å²) in [7, 11) is 0. The molecular weight excluding hydrogens is 440 g/mol. The summed E-state index contributed by atoms with van der Waals surface area (Å²) in [6, 6.07) is 11.7. The van der Waals surface area contributed by atoms with Crippen LogP contribution in [0, 0.1) is 16.0 Å². The lowest BCUT2D eigenvalue weighted by Gasteiger charge is -2.20. The third kappa shape index (κ3) is 5.46. The minimum atomic E-state index is -1.01. The van der Waals surface area contributed by atoms with Crippen molar-refractivity contribution in [2.45, 2.75) is 26.5 Å². The van der Waals surface area contributed by atoms with Gasteiger partial charge in [0.2, 0.25) is 5.89 Å². The Morgan fingerprint density at radius 3 is 2.56 bits per heavy atom. The van der Waals surface area contributed by atoms with Gasteiger partial charge in [0.25, 0.3) is 17.5 Å². The highest BCUT2D eigenvalue weighted by atomic mass is 35.5. The zero-order valence-corrected chi connectivity index (χ0v) is 17.9. The molecule has 1 heterocycles. The van der Waals surface area contributed by atoms with Gasteiger partial charge in [0, 0.05) is 17.2 Å². The van der Waals surface area contributed by atoms with Crippen LogP contribution in [0.4, 0.5) is 5.69 Å². The van der Waals surface area contributed by atoms with Crippen LogP contribution >= 0.6 is 11.6 Å². The van der Waals surface area contributed by atoms with Crippen LogP contribution in [-0.4, -0.2) is 33.0 Å². The van der Waals surface area contributed by atoms with Crippen LogP contribution in [0.3, 0.4) is 0 Å². The number of carbonyl (C=O) groups excluding carboxylic acids is 2. The van der Waals surface area contributed by atoms with Gasteiger partial charge in [0.05, 0.1) is 4.92 Å². The molecule has 1 unspecified atom stereocenters. The van der Waals surface area contributed by atoms with Crippen LogP contribution in [0.5, 0.6) is 0 Å². The SMILES string of the molecule is CC(C)C(NC(=O)c1ccc(Cl)c([N+](=O)[O-])c1)C(=O)OCc1nnc(-c2ccccc2)o1. The highest BCUT2D eigenvalue weighted by Gasteiger charge is 2.27. The first-order valence-corrected chi connectivity index (χ1v) is 9.93. The van der Waals surface area contributed by atoms with E-state index in [9.17, 15) is 19.7 Å². The zero-order chi connectivity index (χ0) is 23.3. The fraction of sp³-hybridized carbons (Fsp3) is 0.238. The van der Waals surface area contributed by atoms with E-state index in [4.69, 9.17) is 20.8 Å². The van der Waals surface area contributed by atoms with Gasteiger partial charge in [-0.05, 0) is 30.2 Å². The van der Waals surface area contributed by atoms with Crippen LogP contribution in [0.2, 0.25) is 5.02 Å². The molecule has 166 valence electrons. The maximum Gasteiger partial charge on any atom is 0.329 e. The average molecular weight is 459 g/mol. The standard InChI is InChI=1S/C21H19ClN4O6/c1-12(2)18(23-19(27)14-8-9-15(22)16(10-14)26(29)30)21(28)31-11-17-24-25-20(32-17)13-6-4-3-5-7-13/h3-10,12,18H,11H2,1-2H3,(H,23,27). The van der Waals surface area contributed by atoms with Gasteiger partial charge in [0.15, 0.2) is 6.61 Å². The number of nitrogens with one attached hydrogen (secondary N) is 1. The Hall–Kier alpha value is -3.79. The Bertz CT molecular complexity index is 1130. The van der Waals surface area contributed by atoms with E-state index in [2.05, 4.69) is 15.5 Å². The summed E-state index contributed by atoms with van der Waals surface area (Å²) < 4.78 is 10.7. The van der Waals surface area contributed by atoms with Crippen LogP contribution in [-0.2, 0) is 16.1 Å². The van der Waals surface area contributed by atoms with Crippen LogP contribution in [0.25, 0.3) is 11.5 Å². The van der Waals surface area contributed by atoms with Crippen molar-refractivity contribution in [3.8, 4) is 11.5 Å². The molecule has 1 atom stereocenters. The normalized spacial score (nSPS) is 11.8. The minimum Gasteiger partial charge on any atom is -0.454 e. The third-order valence-corrected chi connectivity index (χ3v) is 4.76. The highest BCUT2D eigenvalue weighted by molar-refractivity contribution is 6.32. The van der Waals surface area contributed by atoms with Crippen molar-refractivity contribution in [1.29, 1.82) is 0 Å². The topological polar surface area (TPSA) is 137 Å². The first kappa shape index (κ1) is 22.9. The lowest BCUT2D eigenvalue weighted by Crippen LogP contribution is -2.45. The number of nitro benzene ring substituents is 1. The minimum absolute atomic E-state index is 0.0102. The number of nitro groups is 1. The van der Waals surface area contributed by atoms with Gasteiger partial charge in [-0.3, -0.25) is 14.9 Å². The van der Waals surface area contributed by atoms with Gasteiger partial charge in [-0.15, -0.1) is 10.2 Å². The number of rotatable bonds is 8. The molecule has 32 heavy (non-hydrogen) atoms. The largest absolute Gasteiger partial charge is 0.454 e. The average Bonchev–Trinajstić information content (AvgIpc) is 3.25. The van der Waals surface area contributed by atoms with Gasteiger partial charge < -0.3 is 14.5 Å². The summed E-state index contributed by atoms with van der Waals surface area (Å²) in [4.78, 5) is 35.5. The predicted octanol–water partition coefficient (Wildman–Crippen LogP) is 3.80. The number of aromatic nitrogens is 2. The van der Waals surface area contributed by atoms with Crippen LogP contribution < -0.4 is 5.32 Å². The number of hydrogen-bond acceptors (Lipinski definition) is 8. The van der Waals surface area contributed by atoms with Gasteiger partial charge in [-0.1, -0.05) is 43.6 Å². The molecule has 10 nitrogen and oxygen atoms in total. The van der Waals surface area contributed by atoms with Crippen molar-refractivity contribution in [2.24, 2.45) is 5.92 Å². The Balaban J connectivity index is 1.65. The molecule has 11 heteroatoms. The fourth-order valence-corrected chi connectivity index (χ4v) is 2.93. The quantitative estimate of drug-likeness (QED) is 0.305. The van der Waals surface area contributed by atoms with Gasteiger partial charge in [-0.25, -0.2) is 4.79 Å². The molecule has 0 fully saturated rings. The number of ether oxygens (including phenoxy) is 1. The van der Waals surface area contributed by atoms with Gasteiger partial charge in [-0.2, -0.15) is 0 Å². The summed E-state index contributed by atoms with van der Waals surface area (Å²) in [6.45, 7) is 3.16. The first-order chi connectivity index (χ1) is 15.3. The van der Waals surface area contributed by atoms with Gasteiger partial charge >= 0.3 is 5.97 Å². The van der Waals surface area contributed by atoms with E-state index in [1.807, 2.05) is 18.2 Å². The molecule has 1 aromatic heterocycles. The van der Waals surface area contributed by atoms with E-state index in [0.29, 0.717) is 0 Å². The summed E-state index contributed by atoms with van der Waals surface area (Å²) in [5, 5.41) is 21.3. The second-order valence-corrected chi connectivity index (χ2v) is 7.50. The van der Waals surface area contributed by atoms with E-state index in [1.165, 1.54) is 12.1 Å². The summed E-state index contributed by atoms with van der Waals surface area (Å²) in [5.74, 6) is -1.33. The second kappa shape index (κ2) is 10.0. The molecule has 2 aromatic carbocycles. The van der Waals surface area contributed by atoms with Crippen molar-refractivity contribution in [3.05, 3.63) is 75.1 Å². The molecule has 0 radical (unpaired) electrons. The molecule has 0 spiro atoms. The van der Waals surface area contributed by atoms with Crippen molar-refractivity contribution in [3.63, 3.8) is 0 Å². The molecule has 3 rings (SSSR count). The Kier molecular flexibility index (Phi) is 7.16. The molecule has 0 saturated carbocycles. The van der Waals surface area contributed by atoms with Crippen LogP contribution in [0.1, 0.15) is 30.1 Å². The lowest BCUT2D eigenvalue weighted by atomic mass is 10.0. The van der Waals surface area contributed by atoms with E-state index >= 15 is 0 Å². The molecular formula is C21H19ClN4O6. The Morgan fingerprint density at radius 1 is 1.19 bits per heavy atom. The summed E-state index contributed by atoms with van der Waals surface area (Å²) in [6.07, 6.45) is 0. The molecule has 1 N–H and O–H groups in total. The number of amides is 1. The molecule has 3 aromatic rings. The fourth-order valence-electron chi connectivity index (χ4n) is 2.75. The number of carbonyl (C=O) groups is 2. The van der Waals surface area contributed by atoms with E-state index in [0.717, 1.165) is 11.6 Å². The number of nitrogens with zero attached hydrogens (tertiary/aromatic N) is 3. The molecule has 0 aliphatic rings. The van der Waals surface area contributed by atoms with Crippen molar-refractivity contribution in [2.75, 3.05) is 0 Å². The maximum absolute atomic E-state index is 12.6. The smallest absolute Gasteiger partial charge is 0.329 e. The third-order valence-electron chi connectivity index (χ3n) is 4.44. The predicted molar refractivity (Wildman–Crippen MR) is 114 cm³/mol.